The van der Waals surface area contributed by atoms with Crippen molar-refractivity contribution in [3.05, 3.63) is 77.9 Å². The molecule has 0 N–H and O–H groups in total. The van der Waals surface area contributed by atoms with Crippen LogP contribution in [0.15, 0.2) is 60.9 Å². The van der Waals surface area contributed by atoms with Crippen LogP contribution in [0.5, 0.6) is 0 Å². The van der Waals surface area contributed by atoms with E-state index in [9.17, 15) is 4.79 Å². The van der Waals surface area contributed by atoms with Gasteiger partial charge in [0, 0.05) is 38.9 Å². The number of amides is 1. The Morgan fingerprint density at radius 2 is 1.75 bits per heavy atom. The minimum absolute atomic E-state index is 0.0801. The topological polar surface area (TPSA) is 54.3 Å². The second kappa shape index (κ2) is 8.35. The minimum atomic E-state index is 0.0801. The predicted octanol–water partition coefficient (Wildman–Crippen LogP) is 2.79. The minimum Gasteiger partial charge on any atom is -0.336 e. The Morgan fingerprint density at radius 1 is 1.00 bits per heavy atom. The normalized spacial score (nSPS) is 15.0. The number of hydrogen-bond acceptors (Lipinski definition) is 4. The molecule has 0 spiro atoms. The molecule has 0 aliphatic carbocycles. The van der Waals surface area contributed by atoms with Crippen molar-refractivity contribution in [1.82, 2.24) is 24.6 Å². The first kappa shape index (κ1) is 18.4. The fourth-order valence-corrected chi connectivity index (χ4v) is 3.68. The summed E-state index contributed by atoms with van der Waals surface area (Å²) in [5.41, 5.74) is 3.73. The second-order valence-electron chi connectivity index (χ2n) is 7.00. The third-order valence-corrected chi connectivity index (χ3v) is 5.21. The van der Waals surface area contributed by atoms with Gasteiger partial charge in [0.25, 0.3) is 5.91 Å². The molecule has 1 aromatic carbocycles. The SMILES string of the molecule is CCc1c(C(=O)N2CCN(Cc3ccccn3)CC2)cnn1-c1ccccc1. The van der Waals surface area contributed by atoms with Crippen molar-refractivity contribution in [3.8, 4) is 5.69 Å². The summed E-state index contributed by atoms with van der Waals surface area (Å²) in [6.07, 6.45) is 4.30. The maximum absolute atomic E-state index is 13.1. The van der Waals surface area contributed by atoms with Crippen molar-refractivity contribution in [2.45, 2.75) is 19.9 Å². The summed E-state index contributed by atoms with van der Waals surface area (Å²) in [5.74, 6) is 0.0801. The Hall–Kier alpha value is -2.99. The number of benzene rings is 1. The van der Waals surface area contributed by atoms with Gasteiger partial charge in [0.15, 0.2) is 0 Å². The largest absolute Gasteiger partial charge is 0.336 e. The predicted molar refractivity (Wildman–Crippen MR) is 108 cm³/mol. The molecule has 6 heteroatoms. The van der Waals surface area contributed by atoms with Gasteiger partial charge >= 0.3 is 0 Å². The van der Waals surface area contributed by atoms with Gasteiger partial charge in [0.2, 0.25) is 0 Å². The van der Waals surface area contributed by atoms with Gasteiger partial charge in [-0.2, -0.15) is 5.10 Å². The summed E-state index contributed by atoms with van der Waals surface area (Å²) in [5, 5.41) is 4.49. The number of aromatic nitrogens is 3. The van der Waals surface area contributed by atoms with Crippen molar-refractivity contribution in [2.24, 2.45) is 0 Å². The average molecular weight is 375 g/mol. The number of piperazine rings is 1. The van der Waals surface area contributed by atoms with Gasteiger partial charge in [0.05, 0.1) is 28.8 Å². The highest BCUT2D eigenvalue weighted by molar-refractivity contribution is 5.95. The van der Waals surface area contributed by atoms with E-state index in [0.717, 1.165) is 56.2 Å². The summed E-state index contributed by atoms with van der Waals surface area (Å²) in [6.45, 7) is 6.07. The molecule has 2 aromatic heterocycles. The van der Waals surface area contributed by atoms with Crippen molar-refractivity contribution >= 4 is 5.91 Å². The summed E-state index contributed by atoms with van der Waals surface area (Å²) in [4.78, 5) is 21.8. The van der Waals surface area contributed by atoms with Crippen molar-refractivity contribution in [3.63, 3.8) is 0 Å². The van der Waals surface area contributed by atoms with Gasteiger partial charge in [-0.05, 0) is 30.7 Å². The van der Waals surface area contributed by atoms with Gasteiger partial charge in [-0.3, -0.25) is 14.7 Å². The molecular formula is C22H25N5O. The highest BCUT2D eigenvalue weighted by Gasteiger charge is 2.26. The summed E-state index contributed by atoms with van der Waals surface area (Å²) >= 11 is 0. The number of hydrogen-bond donors (Lipinski definition) is 0. The zero-order valence-electron chi connectivity index (χ0n) is 16.2. The molecule has 1 aliphatic rings. The molecule has 28 heavy (non-hydrogen) atoms. The van der Waals surface area contributed by atoms with E-state index in [1.54, 1.807) is 6.20 Å². The number of pyridine rings is 1. The number of carbonyl (C=O) groups is 1. The molecule has 1 aliphatic heterocycles. The van der Waals surface area contributed by atoms with E-state index in [4.69, 9.17) is 0 Å². The Bertz CT molecular complexity index is 915. The Balaban J connectivity index is 1.44. The number of carbonyl (C=O) groups excluding carboxylic acids is 1. The fraction of sp³-hybridized carbons (Fsp3) is 0.318. The quantitative estimate of drug-likeness (QED) is 0.688. The molecule has 144 valence electrons. The maximum atomic E-state index is 13.1. The Morgan fingerprint density at radius 3 is 2.43 bits per heavy atom. The zero-order valence-corrected chi connectivity index (χ0v) is 16.2. The summed E-state index contributed by atoms with van der Waals surface area (Å²) < 4.78 is 1.88. The summed E-state index contributed by atoms with van der Waals surface area (Å²) in [6, 6.07) is 16.0. The lowest BCUT2D eigenvalue weighted by atomic mass is 10.1. The molecule has 1 fully saturated rings. The van der Waals surface area contributed by atoms with Gasteiger partial charge < -0.3 is 4.90 Å². The van der Waals surface area contributed by atoms with Crippen molar-refractivity contribution in [2.75, 3.05) is 26.2 Å². The van der Waals surface area contributed by atoms with Crippen molar-refractivity contribution < 1.29 is 4.79 Å². The average Bonchev–Trinajstić information content (AvgIpc) is 3.19. The van der Waals surface area contributed by atoms with E-state index in [0.29, 0.717) is 5.56 Å². The molecule has 3 heterocycles. The number of nitrogens with zero attached hydrogens (tertiary/aromatic N) is 5. The van der Waals surface area contributed by atoms with Crippen LogP contribution in [0.1, 0.15) is 28.7 Å². The molecule has 0 bridgehead atoms. The maximum Gasteiger partial charge on any atom is 0.257 e. The van der Waals surface area contributed by atoms with Gasteiger partial charge in [0.1, 0.15) is 0 Å². The molecule has 1 amide bonds. The third-order valence-electron chi connectivity index (χ3n) is 5.21. The molecule has 4 rings (SSSR count). The van der Waals surface area contributed by atoms with Crippen LogP contribution in [-0.2, 0) is 13.0 Å². The van der Waals surface area contributed by atoms with E-state index >= 15 is 0 Å². The Labute approximate surface area is 165 Å². The fourth-order valence-electron chi connectivity index (χ4n) is 3.68. The number of rotatable bonds is 5. The standard InChI is InChI=1S/C22H25N5O/c1-2-21-20(16-24-27(21)19-9-4-3-5-10-19)22(28)26-14-12-25(13-15-26)17-18-8-6-7-11-23-18/h3-11,16H,2,12-15,17H2,1H3. The molecule has 0 radical (unpaired) electrons. The third kappa shape index (κ3) is 3.82. The monoisotopic (exact) mass is 375 g/mol. The molecule has 0 atom stereocenters. The molecule has 3 aromatic rings. The second-order valence-corrected chi connectivity index (χ2v) is 7.00. The Kier molecular flexibility index (Phi) is 5.48. The van der Waals surface area contributed by atoms with E-state index in [2.05, 4.69) is 21.9 Å². The first-order valence-electron chi connectivity index (χ1n) is 9.80. The van der Waals surface area contributed by atoms with Crippen LogP contribution in [-0.4, -0.2) is 56.7 Å². The van der Waals surface area contributed by atoms with E-state index in [1.807, 2.05) is 64.3 Å². The molecule has 0 saturated carbocycles. The van der Waals surface area contributed by atoms with E-state index in [-0.39, 0.29) is 5.91 Å². The van der Waals surface area contributed by atoms with E-state index < -0.39 is 0 Å². The lowest BCUT2D eigenvalue weighted by Gasteiger charge is -2.34. The molecule has 1 saturated heterocycles. The van der Waals surface area contributed by atoms with Crippen LogP contribution in [0.4, 0.5) is 0 Å². The van der Waals surface area contributed by atoms with Gasteiger partial charge in [-0.25, -0.2) is 4.68 Å². The van der Waals surface area contributed by atoms with E-state index in [1.165, 1.54) is 0 Å². The van der Waals surface area contributed by atoms with Crippen LogP contribution >= 0.6 is 0 Å². The lowest BCUT2D eigenvalue weighted by molar-refractivity contribution is 0.0626. The van der Waals surface area contributed by atoms with Crippen molar-refractivity contribution in [1.29, 1.82) is 0 Å². The van der Waals surface area contributed by atoms with Crippen LogP contribution in [0.25, 0.3) is 5.69 Å². The van der Waals surface area contributed by atoms with Gasteiger partial charge in [-0.15, -0.1) is 0 Å². The van der Waals surface area contributed by atoms with Gasteiger partial charge in [-0.1, -0.05) is 31.2 Å². The van der Waals surface area contributed by atoms with Crippen LogP contribution in [0.3, 0.4) is 0 Å². The summed E-state index contributed by atoms with van der Waals surface area (Å²) in [7, 11) is 0. The zero-order chi connectivity index (χ0) is 19.3. The van der Waals surface area contributed by atoms with Crippen LogP contribution in [0.2, 0.25) is 0 Å². The highest BCUT2D eigenvalue weighted by Crippen LogP contribution is 2.18. The molecule has 0 unspecified atom stereocenters. The van der Waals surface area contributed by atoms with Crippen LogP contribution < -0.4 is 0 Å². The molecular weight excluding hydrogens is 350 g/mol. The first-order chi connectivity index (χ1) is 13.8. The highest BCUT2D eigenvalue weighted by atomic mass is 16.2. The lowest BCUT2D eigenvalue weighted by Crippen LogP contribution is -2.48. The van der Waals surface area contributed by atoms with Crippen LogP contribution in [0, 0.1) is 0 Å². The molecule has 6 nitrogen and oxygen atoms in total. The first-order valence-corrected chi connectivity index (χ1v) is 9.80. The smallest absolute Gasteiger partial charge is 0.257 e. The number of para-hydroxylation sites is 1.